The number of carbonyl (C=O) groups is 2. The fourth-order valence-electron chi connectivity index (χ4n) is 2.70. The number of aromatic nitrogens is 2. The zero-order valence-corrected chi connectivity index (χ0v) is 13.1. The van der Waals surface area contributed by atoms with Gasteiger partial charge in [-0.15, -0.1) is 11.3 Å². The van der Waals surface area contributed by atoms with E-state index in [-0.39, 0.29) is 11.8 Å². The largest absolute Gasteiger partial charge is 0.340 e. The van der Waals surface area contributed by atoms with E-state index in [9.17, 15) is 9.59 Å². The average Bonchev–Trinajstić information content (AvgIpc) is 2.96. The molecule has 21 heavy (non-hydrogen) atoms. The number of thiazole rings is 1. The Bertz CT molecular complexity index is 674. The molecule has 0 bridgehead atoms. The molecule has 2 aromatic rings. The van der Waals surface area contributed by atoms with Gasteiger partial charge < -0.3 is 10.2 Å². The summed E-state index contributed by atoms with van der Waals surface area (Å²) in [4.78, 5) is 31.8. The second kappa shape index (κ2) is 4.84. The molecular weight excluding hydrogens is 288 g/mol. The summed E-state index contributed by atoms with van der Waals surface area (Å²) >= 11 is 1.55. The van der Waals surface area contributed by atoms with Crippen LogP contribution in [0.2, 0.25) is 0 Å². The zero-order chi connectivity index (χ0) is 15.2. The molecule has 112 valence electrons. The van der Waals surface area contributed by atoms with Gasteiger partial charge in [0.1, 0.15) is 11.6 Å². The average molecular weight is 306 g/mol. The third-order valence-corrected chi connectivity index (χ3v) is 4.54. The molecule has 1 aliphatic heterocycles. The van der Waals surface area contributed by atoms with Crippen molar-refractivity contribution in [1.82, 2.24) is 19.6 Å². The number of piperazine rings is 1. The molecule has 0 spiro atoms. The second-order valence-corrected chi connectivity index (χ2v) is 6.67. The number of fused-ring (bicyclic) bond motifs is 1. The predicted octanol–water partition coefficient (Wildman–Crippen LogP) is 1.41. The van der Waals surface area contributed by atoms with Gasteiger partial charge in [0, 0.05) is 17.8 Å². The van der Waals surface area contributed by atoms with E-state index in [2.05, 4.69) is 10.3 Å². The normalized spacial score (nSPS) is 21.9. The lowest BCUT2D eigenvalue weighted by Gasteiger charge is -2.42. The highest BCUT2D eigenvalue weighted by molar-refractivity contribution is 7.15. The Morgan fingerprint density at radius 2 is 2.19 bits per heavy atom. The van der Waals surface area contributed by atoms with Crippen LogP contribution in [0.1, 0.15) is 32.9 Å². The van der Waals surface area contributed by atoms with E-state index in [1.165, 1.54) is 0 Å². The molecule has 1 aliphatic rings. The Balaban J connectivity index is 1.91. The van der Waals surface area contributed by atoms with Crippen LogP contribution >= 0.6 is 11.3 Å². The van der Waals surface area contributed by atoms with Crippen molar-refractivity contribution >= 4 is 28.1 Å². The number of imidazole rings is 1. The molecule has 3 rings (SSSR count). The van der Waals surface area contributed by atoms with Crippen LogP contribution in [0.5, 0.6) is 0 Å². The third kappa shape index (κ3) is 2.31. The number of nitrogens with zero attached hydrogens (tertiary/aromatic N) is 3. The summed E-state index contributed by atoms with van der Waals surface area (Å²) in [6.07, 6.45) is 4.43. The van der Waals surface area contributed by atoms with Crippen LogP contribution in [0.3, 0.4) is 0 Å². The van der Waals surface area contributed by atoms with Crippen LogP contribution in [0.4, 0.5) is 0 Å². The van der Waals surface area contributed by atoms with Crippen LogP contribution in [0.15, 0.2) is 17.8 Å². The Morgan fingerprint density at radius 1 is 1.43 bits per heavy atom. The van der Waals surface area contributed by atoms with Gasteiger partial charge in [0.05, 0.1) is 12.2 Å². The van der Waals surface area contributed by atoms with Gasteiger partial charge in [0.15, 0.2) is 4.96 Å². The maximum Gasteiger partial charge on any atom is 0.248 e. The van der Waals surface area contributed by atoms with E-state index >= 15 is 0 Å². The Morgan fingerprint density at radius 3 is 2.86 bits per heavy atom. The lowest BCUT2D eigenvalue weighted by molar-refractivity contribution is -0.154. The van der Waals surface area contributed by atoms with E-state index in [4.69, 9.17) is 0 Å². The van der Waals surface area contributed by atoms with Crippen molar-refractivity contribution in [3.63, 3.8) is 0 Å². The summed E-state index contributed by atoms with van der Waals surface area (Å²) in [6.45, 7) is 5.74. The molecule has 2 amide bonds. The first-order valence-corrected chi connectivity index (χ1v) is 7.84. The van der Waals surface area contributed by atoms with E-state index < -0.39 is 11.6 Å². The first kappa shape index (κ1) is 14.1. The first-order valence-electron chi connectivity index (χ1n) is 6.96. The molecule has 0 radical (unpaired) electrons. The molecule has 1 unspecified atom stereocenters. The van der Waals surface area contributed by atoms with Gasteiger partial charge in [-0.1, -0.05) is 6.92 Å². The molecule has 1 saturated heterocycles. The number of nitrogens with one attached hydrogen (secondary N) is 1. The maximum absolute atomic E-state index is 12.6. The SMILES string of the molecule is CCC1C(=O)NC(C)(C)C(=O)N1Cc1cn2ccsc2n1. The second-order valence-electron chi connectivity index (χ2n) is 5.80. The Labute approximate surface area is 126 Å². The van der Waals surface area contributed by atoms with Crippen molar-refractivity contribution in [2.75, 3.05) is 0 Å². The molecule has 7 heteroatoms. The molecular formula is C14H18N4O2S. The van der Waals surface area contributed by atoms with Gasteiger partial charge in [-0.3, -0.25) is 14.0 Å². The van der Waals surface area contributed by atoms with E-state index in [0.717, 1.165) is 10.7 Å². The fourth-order valence-corrected chi connectivity index (χ4v) is 3.42. The molecule has 6 nitrogen and oxygen atoms in total. The van der Waals surface area contributed by atoms with E-state index in [1.54, 1.807) is 30.1 Å². The van der Waals surface area contributed by atoms with Crippen molar-refractivity contribution in [2.45, 2.75) is 45.3 Å². The van der Waals surface area contributed by atoms with Gasteiger partial charge in [0.25, 0.3) is 0 Å². The quantitative estimate of drug-likeness (QED) is 0.932. The van der Waals surface area contributed by atoms with Gasteiger partial charge in [-0.25, -0.2) is 4.98 Å². The van der Waals surface area contributed by atoms with Crippen molar-refractivity contribution in [1.29, 1.82) is 0 Å². The smallest absolute Gasteiger partial charge is 0.248 e. The van der Waals surface area contributed by atoms with Crippen molar-refractivity contribution < 1.29 is 9.59 Å². The molecule has 0 aromatic carbocycles. The lowest BCUT2D eigenvalue weighted by atomic mass is 9.95. The monoisotopic (exact) mass is 306 g/mol. The summed E-state index contributed by atoms with van der Waals surface area (Å²) in [5, 5.41) is 4.75. The molecule has 2 aromatic heterocycles. The third-order valence-electron chi connectivity index (χ3n) is 3.77. The van der Waals surface area contributed by atoms with E-state index in [0.29, 0.717) is 13.0 Å². The summed E-state index contributed by atoms with van der Waals surface area (Å²) < 4.78 is 1.93. The highest BCUT2D eigenvalue weighted by Crippen LogP contribution is 2.22. The minimum atomic E-state index is -0.861. The summed E-state index contributed by atoms with van der Waals surface area (Å²) in [5.74, 6) is -0.159. The van der Waals surface area contributed by atoms with Crippen molar-refractivity contribution in [2.24, 2.45) is 0 Å². The Hall–Kier alpha value is -1.89. The number of carbonyl (C=O) groups excluding carboxylic acids is 2. The summed E-state index contributed by atoms with van der Waals surface area (Å²) in [6, 6.07) is -0.426. The van der Waals surface area contributed by atoms with Crippen molar-refractivity contribution in [3.05, 3.63) is 23.5 Å². The predicted molar refractivity (Wildman–Crippen MR) is 79.9 cm³/mol. The van der Waals surface area contributed by atoms with Crippen LogP contribution in [0.25, 0.3) is 4.96 Å². The molecule has 1 N–H and O–H groups in total. The van der Waals surface area contributed by atoms with Crippen LogP contribution in [-0.2, 0) is 16.1 Å². The first-order chi connectivity index (χ1) is 9.92. The summed E-state index contributed by atoms with van der Waals surface area (Å²) in [7, 11) is 0. The topological polar surface area (TPSA) is 66.7 Å². The van der Waals surface area contributed by atoms with Crippen LogP contribution < -0.4 is 5.32 Å². The van der Waals surface area contributed by atoms with Crippen molar-refractivity contribution in [3.8, 4) is 0 Å². The van der Waals surface area contributed by atoms with Gasteiger partial charge in [-0.05, 0) is 20.3 Å². The molecule has 0 aliphatic carbocycles. The van der Waals surface area contributed by atoms with Gasteiger partial charge >= 0.3 is 0 Å². The maximum atomic E-state index is 12.6. The molecule has 3 heterocycles. The zero-order valence-electron chi connectivity index (χ0n) is 12.3. The highest BCUT2D eigenvalue weighted by atomic mass is 32.1. The lowest BCUT2D eigenvalue weighted by Crippen LogP contribution is -2.67. The molecule has 1 fully saturated rings. The van der Waals surface area contributed by atoms with Crippen LogP contribution in [0, 0.1) is 0 Å². The minimum Gasteiger partial charge on any atom is -0.340 e. The number of amides is 2. The van der Waals surface area contributed by atoms with Gasteiger partial charge in [-0.2, -0.15) is 0 Å². The minimum absolute atomic E-state index is 0.0645. The van der Waals surface area contributed by atoms with Crippen LogP contribution in [-0.4, -0.2) is 37.7 Å². The number of rotatable bonds is 3. The molecule has 0 saturated carbocycles. The standard InChI is InChI=1S/C14H18N4O2S/c1-4-10-11(19)16-14(2,3)12(20)18(10)8-9-7-17-5-6-21-13(17)15-9/h5-7,10H,4,8H2,1-3H3,(H,16,19). The highest BCUT2D eigenvalue weighted by Gasteiger charge is 2.44. The number of hydrogen-bond acceptors (Lipinski definition) is 4. The van der Waals surface area contributed by atoms with E-state index in [1.807, 2.05) is 29.1 Å². The number of hydrogen-bond donors (Lipinski definition) is 1. The summed E-state index contributed by atoms with van der Waals surface area (Å²) in [5.41, 5.74) is -0.0565. The Kier molecular flexibility index (Phi) is 3.24. The molecule has 1 atom stereocenters. The van der Waals surface area contributed by atoms with Gasteiger partial charge in [0.2, 0.25) is 11.8 Å². The fraction of sp³-hybridized carbons (Fsp3) is 0.500.